The predicted molar refractivity (Wildman–Crippen MR) is 72.0 cm³/mol. The van der Waals surface area contributed by atoms with E-state index in [0.29, 0.717) is 13.2 Å². The van der Waals surface area contributed by atoms with E-state index in [9.17, 15) is 9.59 Å². The number of aromatic nitrogens is 2. The second-order valence-corrected chi connectivity index (χ2v) is 5.35. The number of rotatable bonds is 2. The minimum Gasteiger partial charge on any atom is -0.476 e. The predicted octanol–water partition coefficient (Wildman–Crippen LogP) is 0.958. The standard InChI is InChI=1S/C14H17N3O4/c18-13(9-7-16-10(8-15-9)14(19)20)17-5-6-21-12-4-2-1-3-11(12)17/h7-8,11-12H,1-6H2,(H,19,20). The molecule has 1 amide bonds. The molecule has 1 aromatic heterocycles. The highest BCUT2D eigenvalue weighted by molar-refractivity contribution is 5.93. The summed E-state index contributed by atoms with van der Waals surface area (Å²) in [6.07, 6.45) is 6.62. The van der Waals surface area contributed by atoms with E-state index in [1.165, 1.54) is 6.20 Å². The molecule has 0 aromatic carbocycles. The number of hydrogen-bond donors (Lipinski definition) is 1. The maximum atomic E-state index is 12.6. The third-order valence-electron chi connectivity index (χ3n) is 4.08. The van der Waals surface area contributed by atoms with Gasteiger partial charge in [0.2, 0.25) is 0 Å². The summed E-state index contributed by atoms with van der Waals surface area (Å²) in [6.45, 7) is 1.08. The van der Waals surface area contributed by atoms with E-state index >= 15 is 0 Å². The summed E-state index contributed by atoms with van der Waals surface area (Å²) in [6, 6.07) is 0.0981. The molecule has 3 rings (SSSR count). The molecule has 7 heteroatoms. The number of carboxylic acids is 1. The van der Waals surface area contributed by atoms with Crippen molar-refractivity contribution in [3.8, 4) is 0 Å². The van der Waals surface area contributed by atoms with Crippen LogP contribution in [0.4, 0.5) is 0 Å². The Balaban J connectivity index is 1.78. The minimum atomic E-state index is -1.15. The molecule has 112 valence electrons. The maximum absolute atomic E-state index is 12.6. The van der Waals surface area contributed by atoms with Crippen LogP contribution in [-0.2, 0) is 4.74 Å². The van der Waals surface area contributed by atoms with Crippen molar-refractivity contribution < 1.29 is 19.4 Å². The fourth-order valence-electron chi connectivity index (χ4n) is 3.04. The van der Waals surface area contributed by atoms with Gasteiger partial charge in [0, 0.05) is 6.54 Å². The zero-order valence-electron chi connectivity index (χ0n) is 11.6. The van der Waals surface area contributed by atoms with E-state index in [2.05, 4.69) is 9.97 Å². The molecule has 21 heavy (non-hydrogen) atoms. The molecular weight excluding hydrogens is 274 g/mol. The van der Waals surface area contributed by atoms with Crippen molar-refractivity contribution >= 4 is 11.9 Å². The molecule has 2 heterocycles. The summed E-state index contributed by atoms with van der Waals surface area (Å²) in [4.78, 5) is 32.8. The first-order valence-corrected chi connectivity index (χ1v) is 7.15. The lowest BCUT2D eigenvalue weighted by Crippen LogP contribution is -2.55. The molecular formula is C14H17N3O4. The van der Waals surface area contributed by atoms with Crippen LogP contribution >= 0.6 is 0 Å². The number of aromatic carboxylic acids is 1. The Labute approximate surface area is 121 Å². The SMILES string of the molecule is O=C(O)c1cnc(C(=O)N2CCOC3CCCCC32)cn1. The molecule has 0 radical (unpaired) electrons. The van der Waals surface area contributed by atoms with Crippen LogP contribution in [0.1, 0.15) is 46.7 Å². The Kier molecular flexibility index (Phi) is 3.83. The van der Waals surface area contributed by atoms with Gasteiger partial charge in [0.25, 0.3) is 5.91 Å². The van der Waals surface area contributed by atoms with Crippen molar-refractivity contribution in [3.05, 3.63) is 23.8 Å². The van der Waals surface area contributed by atoms with Gasteiger partial charge in [-0.15, -0.1) is 0 Å². The average Bonchev–Trinajstić information content (AvgIpc) is 2.53. The molecule has 1 saturated carbocycles. The molecule has 2 fully saturated rings. The van der Waals surface area contributed by atoms with Crippen LogP contribution in [0.25, 0.3) is 0 Å². The van der Waals surface area contributed by atoms with Crippen molar-refractivity contribution in [2.75, 3.05) is 13.2 Å². The van der Waals surface area contributed by atoms with Gasteiger partial charge < -0.3 is 14.7 Å². The molecule has 1 aliphatic carbocycles. The van der Waals surface area contributed by atoms with E-state index in [4.69, 9.17) is 9.84 Å². The van der Waals surface area contributed by atoms with Gasteiger partial charge in [0.05, 0.1) is 31.1 Å². The van der Waals surface area contributed by atoms with Gasteiger partial charge in [-0.25, -0.2) is 14.8 Å². The summed E-state index contributed by atoms with van der Waals surface area (Å²) in [5.74, 6) is -1.35. The lowest BCUT2D eigenvalue weighted by molar-refractivity contribution is -0.0754. The maximum Gasteiger partial charge on any atom is 0.356 e. The highest BCUT2D eigenvalue weighted by atomic mass is 16.5. The number of amides is 1. The highest BCUT2D eigenvalue weighted by Crippen LogP contribution is 2.29. The van der Waals surface area contributed by atoms with Gasteiger partial charge in [-0.2, -0.15) is 0 Å². The van der Waals surface area contributed by atoms with E-state index < -0.39 is 5.97 Å². The largest absolute Gasteiger partial charge is 0.476 e. The summed E-state index contributed by atoms with van der Waals surface area (Å²) in [5.41, 5.74) is 0.0234. The van der Waals surface area contributed by atoms with Gasteiger partial charge in [0.15, 0.2) is 5.69 Å². The molecule has 0 bridgehead atoms. The van der Waals surface area contributed by atoms with Crippen LogP contribution in [0, 0.1) is 0 Å². The number of carbonyl (C=O) groups is 2. The average molecular weight is 291 g/mol. The van der Waals surface area contributed by atoms with Crippen molar-refractivity contribution in [1.82, 2.24) is 14.9 Å². The zero-order chi connectivity index (χ0) is 14.8. The first-order valence-electron chi connectivity index (χ1n) is 7.15. The Morgan fingerprint density at radius 1 is 1.19 bits per heavy atom. The third-order valence-corrected chi connectivity index (χ3v) is 4.08. The Morgan fingerprint density at radius 2 is 1.90 bits per heavy atom. The first kappa shape index (κ1) is 13.9. The summed E-state index contributed by atoms with van der Waals surface area (Å²) in [5, 5.41) is 8.80. The molecule has 1 aliphatic heterocycles. The van der Waals surface area contributed by atoms with Gasteiger partial charge in [0.1, 0.15) is 5.69 Å². The van der Waals surface area contributed by atoms with Crippen LogP contribution in [0.2, 0.25) is 0 Å². The quantitative estimate of drug-likeness (QED) is 0.872. The number of carboxylic acid groups (broad SMARTS) is 1. The number of ether oxygens (including phenoxy) is 1. The lowest BCUT2D eigenvalue weighted by atomic mass is 9.90. The second kappa shape index (κ2) is 5.77. The fourth-order valence-corrected chi connectivity index (χ4v) is 3.04. The molecule has 2 atom stereocenters. The van der Waals surface area contributed by atoms with Crippen LogP contribution in [-0.4, -0.2) is 57.1 Å². The third kappa shape index (κ3) is 2.73. The number of carbonyl (C=O) groups excluding carboxylic acids is 1. The number of morpholine rings is 1. The Bertz CT molecular complexity index is 544. The number of hydrogen-bond acceptors (Lipinski definition) is 5. The van der Waals surface area contributed by atoms with E-state index in [1.54, 1.807) is 4.90 Å². The van der Waals surface area contributed by atoms with Crippen LogP contribution in [0.15, 0.2) is 12.4 Å². The summed E-state index contributed by atoms with van der Waals surface area (Å²) < 4.78 is 5.74. The normalized spacial score (nSPS) is 25.2. The Morgan fingerprint density at radius 3 is 2.62 bits per heavy atom. The van der Waals surface area contributed by atoms with Crippen molar-refractivity contribution in [1.29, 1.82) is 0 Å². The van der Waals surface area contributed by atoms with Gasteiger partial charge in [-0.1, -0.05) is 12.8 Å². The second-order valence-electron chi connectivity index (χ2n) is 5.35. The van der Waals surface area contributed by atoms with Crippen LogP contribution < -0.4 is 0 Å². The fraction of sp³-hybridized carbons (Fsp3) is 0.571. The molecule has 1 saturated heterocycles. The number of nitrogens with zero attached hydrogens (tertiary/aromatic N) is 3. The van der Waals surface area contributed by atoms with Crippen molar-refractivity contribution in [2.45, 2.75) is 37.8 Å². The van der Waals surface area contributed by atoms with E-state index in [1.807, 2.05) is 0 Å². The van der Waals surface area contributed by atoms with Crippen molar-refractivity contribution in [2.24, 2.45) is 0 Å². The van der Waals surface area contributed by atoms with E-state index in [0.717, 1.165) is 31.9 Å². The topological polar surface area (TPSA) is 92.6 Å². The monoisotopic (exact) mass is 291 g/mol. The molecule has 1 aromatic rings. The summed E-state index contributed by atoms with van der Waals surface area (Å²) >= 11 is 0. The Hall–Kier alpha value is -2.02. The van der Waals surface area contributed by atoms with Crippen molar-refractivity contribution in [3.63, 3.8) is 0 Å². The van der Waals surface area contributed by atoms with E-state index in [-0.39, 0.29) is 29.4 Å². The zero-order valence-corrected chi connectivity index (χ0v) is 11.6. The van der Waals surface area contributed by atoms with Gasteiger partial charge in [-0.05, 0) is 12.8 Å². The molecule has 0 spiro atoms. The first-order chi connectivity index (χ1) is 10.2. The number of fused-ring (bicyclic) bond motifs is 1. The van der Waals surface area contributed by atoms with Crippen LogP contribution in [0.5, 0.6) is 0 Å². The van der Waals surface area contributed by atoms with Gasteiger partial charge in [-0.3, -0.25) is 4.79 Å². The van der Waals surface area contributed by atoms with Gasteiger partial charge >= 0.3 is 5.97 Å². The lowest BCUT2D eigenvalue weighted by Gasteiger charge is -2.43. The summed E-state index contributed by atoms with van der Waals surface area (Å²) in [7, 11) is 0. The minimum absolute atomic E-state index is 0.0981. The molecule has 7 nitrogen and oxygen atoms in total. The molecule has 2 aliphatic rings. The molecule has 2 unspecified atom stereocenters. The smallest absolute Gasteiger partial charge is 0.356 e. The molecule has 1 N–H and O–H groups in total. The highest BCUT2D eigenvalue weighted by Gasteiger charge is 2.37. The van der Waals surface area contributed by atoms with Crippen LogP contribution in [0.3, 0.4) is 0 Å².